The molecule has 2 rings (SSSR count). The number of hydrogen-bond acceptors (Lipinski definition) is 5. The lowest BCUT2D eigenvalue weighted by molar-refractivity contribution is -0.155. The fourth-order valence-corrected chi connectivity index (χ4v) is 2.90. The van der Waals surface area contributed by atoms with Crippen molar-refractivity contribution in [2.45, 2.75) is 65.1 Å². The molecule has 2 atom stereocenters. The zero-order valence-corrected chi connectivity index (χ0v) is 12.8. The van der Waals surface area contributed by atoms with Crippen LogP contribution in [0.5, 0.6) is 0 Å². The van der Waals surface area contributed by atoms with Gasteiger partial charge >= 0.3 is 0 Å². The average Bonchev–Trinajstić information content (AvgIpc) is 2.97. The summed E-state index contributed by atoms with van der Waals surface area (Å²) in [6.45, 7) is 7.23. The summed E-state index contributed by atoms with van der Waals surface area (Å²) in [6.07, 6.45) is 5.62. The predicted octanol–water partition coefficient (Wildman–Crippen LogP) is 3.83. The fraction of sp³-hybridized carbons (Fsp3) is 0.867. The third-order valence-electron chi connectivity index (χ3n) is 4.02. The molecule has 1 aromatic rings. The molecule has 0 spiro atoms. The van der Waals surface area contributed by atoms with E-state index in [-0.39, 0.29) is 0 Å². The number of aromatic nitrogens is 2. The zero-order chi connectivity index (χ0) is 14.4. The second-order valence-corrected chi connectivity index (χ2v) is 5.37. The van der Waals surface area contributed by atoms with Gasteiger partial charge in [-0.15, -0.1) is 0 Å². The molecule has 1 aromatic heterocycles. The van der Waals surface area contributed by atoms with Gasteiger partial charge < -0.3 is 14.0 Å². The highest BCUT2D eigenvalue weighted by molar-refractivity contribution is 4.98. The van der Waals surface area contributed by atoms with E-state index in [1.807, 2.05) is 13.8 Å². The molecule has 0 radical (unpaired) electrons. The Bertz CT molecular complexity index is 388. The van der Waals surface area contributed by atoms with Crippen molar-refractivity contribution in [1.82, 2.24) is 10.1 Å². The summed E-state index contributed by atoms with van der Waals surface area (Å²) in [4.78, 5) is 4.51. The molecule has 1 fully saturated rings. The van der Waals surface area contributed by atoms with Crippen LogP contribution in [0.4, 0.5) is 0 Å². The topological polar surface area (TPSA) is 57.4 Å². The first-order chi connectivity index (χ1) is 9.78. The molecule has 0 aromatic carbocycles. The smallest absolute Gasteiger partial charge is 0.283 e. The third kappa shape index (κ3) is 3.79. The van der Waals surface area contributed by atoms with Crippen molar-refractivity contribution in [3.05, 3.63) is 11.7 Å². The van der Waals surface area contributed by atoms with Gasteiger partial charge in [0.15, 0.2) is 5.82 Å². The molecule has 0 N–H and O–H groups in total. The van der Waals surface area contributed by atoms with Crippen LogP contribution < -0.4 is 0 Å². The molecule has 1 aliphatic carbocycles. The van der Waals surface area contributed by atoms with Gasteiger partial charge in [0.2, 0.25) is 6.29 Å². The van der Waals surface area contributed by atoms with E-state index in [0.29, 0.717) is 25.0 Å². The number of hydrogen-bond donors (Lipinski definition) is 0. The van der Waals surface area contributed by atoms with Crippen molar-refractivity contribution in [2.24, 2.45) is 5.92 Å². The summed E-state index contributed by atoms with van der Waals surface area (Å²) in [5.41, 5.74) is 0. The van der Waals surface area contributed by atoms with Gasteiger partial charge in [-0.05, 0) is 32.6 Å². The molecule has 5 nitrogen and oxygen atoms in total. The minimum atomic E-state index is -0.531. The van der Waals surface area contributed by atoms with Crippen LogP contribution in [0, 0.1) is 5.92 Å². The predicted molar refractivity (Wildman–Crippen MR) is 75.3 cm³/mol. The number of ether oxygens (including phenoxy) is 2. The van der Waals surface area contributed by atoms with Gasteiger partial charge in [0.05, 0.1) is 0 Å². The Morgan fingerprint density at radius 2 is 1.95 bits per heavy atom. The van der Waals surface area contributed by atoms with Gasteiger partial charge in [-0.3, -0.25) is 0 Å². The molecule has 2 unspecified atom stereocenters. The molecular weight excluding hydrogens is 256 g/mol. The lowest BCUT2D eigenvalue weighted by Gasteiger charge is -2.26. The maximum Gasteiger partial charge on any atom is 0.283 e. The molecule has 0 saturated heterocycles. The summed E-state index contributed by atoms with van der Waals surface area (Å²) < 4.78 is 16.3. The van der Waals surface area contributed by atoms with E-state index < -0.39 is 6.29 Å². The van der Waals surface area contributed by atoms with Crippen molar-refractivity contribution in [1.29, 1.82) is 0 Å². The maximum absolute atomic E-state index is 5.49. The van der Waals surface area contributed by atoms with Crippen molar-refractivity contribution in [3.8, 4) is 0 Å². The summed E-state index contributed by atoms with van der Waals surface area (Å²) in [5.74, 6) is 2.49. The molecule has 1 heterocycles. The summed E-state index contributed by atoms with van der Waals surface area (Å²) in [6, 6.07) is 0. The Kier molecular flexibility index (Phi) is 5.98. The minimum absolute atomic E-state index is 0.426. The Morgan fingerprint density at radius 3 is 2.60 bits per heavy atom. The first kappa shape index (κ1) is 15.4. The highest BCUT2D eigenvalue weighted by Gasteiger charge is 2.28. The summed E-state index contributed by atoms with van der Waals surface area (Å²) in [7, 11) is 0. The van der Waals surface area contributed by atoms with Crippen LogP contribution in [0.1, 0.15) is 76.8 Å². The maximum atomic E-state index is 5.49. The van der Waals surface area contributed by atoms with Gasteiger partial charge in [0, 0.05) is 19.1 Å². The monoisotopic (exact) mass is 282 g/mol. The fourth-order valence-electron chi connectivity index (χ4n) is 2.90. The van der Waals surface area contributed by atoms with E-state index in [1.165, 1.54) is 25.7 Å². The van der Waals surface area contributed by atoms with Crippen molar-refractivity contribution < 1.29 is 14.0 Å². The van der Waals surface area contributed by atoms with Crippen molar-refractivity contribution in [3.63, 3.8) is 0 Å². The quantitative estimate of drug-likeness (QED) is 0.711. The van der Waals surface area contributed by atoms with E-state index in [9.17, 15) is 0 Å². The van der Waals surface area contributed by atoms with E-state index in [2.05, 4.69) is 17.1 Å². The highest BCUT2D eigenvalue weighted by atomic mass is 16.7. The molecule has 0 bridgehead atoms. The second-order valence-electron chi connectivity index (χ2n) is 5.37. The first-order valence-electron chi connectivity index (χ1n) is 7.85. The molecule has 114 valence electrons. The Labute approximate surface area is 121 Å². The van der Waals surface area contributed by atoms with Gasteiger partial charge in [-0.2, -0.15) is 4.98 Å². The van der Waals surface area contributed by atoms with Crippen molar-refractivity contribution >= 4 is 0 Å². The van der Waals surface area contributed by atoms with Gasteiger partial charge in [-0.1, -0.05) is 31.3 Å². The van der Waals surface area contributed by atoms with E-state index >= 15 is 0 Å². The molecule has 1 saturated carbocycles. The molecule has 1 aliphatic rings. The molecule has 0 amide bonds. The summed E-state index contributed by atoms with van der Waals surface area (Å²) >= 11 is 0. The second kappa shape index (κ2) is 7.74. The van der Waals surface area contributed by atoms with Crippen LogP contribution in [-0.4, -0.2) is 23.4 Å². The Morgan fingerprint density at radius 1 is 1.20 bits per heavy atom. The third-order valence-corrected chi connectivity index (χ3v) is 4.02. The standard InChI is InChI=1S/C15H26N2O3/c1-4-11-8-7-9-12(10-11)13-16-14(20-17-13)15(18-5-2)19-6-3/h11-12,15H,4-10H2,1-3H3. The van der Waals surface area contributed by atoms with Crippen LogP contribution in [0.15, 0.2) is 4.52 Å². The van der Waals surface area contributed by atoms with Gasteiger partial charge in [-0.25, -0.2) is 0 Å². The van der Waals surface area contributed by atoms with Gasteiger partial charge in [0.25, 0.3) is 5.89 Å². The van der Waals surface area contributed by atoms with E-state index in [0.717, 1.165) is 18.2 Å². The van der Waals surface area contributed by atoms with Gasteiger partial charge in [0.1, 0.15) is 0 Å². The lowest BCUT2D eigenvalue weighted by atomic mass is 9.80. The first-order valence-corrected chi connectivity index (χ1v) is 7.85. The van der Waals surface area contributed by atoms with E-state index in [1.54, 1.807) is 0 Å². The molecule has 20 heavy (non-hydrogen) atoms. The zero-order valence-electron chi connectivity index (χ0n) is 12.8. The number of nitrogens with zero attached hydrogens (tertiary/aromatic N) is 2. The minimum Gasteiger partial charge on any atom is -0.345 e. The normalized spacial score (nSPS) is 23.4. The Hall–Kier alpha value is -0.940. The molecule has 5 heteroatoms. The average molecular weight is 282 g/mol. The van der Waals surface area contributed by atoms with Crippen LogP contribution in [0.25, 0.3) is 0 Å². The van der Waals surface area contributed by atoms with Crippen LogP contribution in [-0.2, 0) is 9.47 Å². The Balaban J connectivity index is 2.03. The summed E-state index contributed by atoms with van der Waals surface area (Å²) in [5, 5.41) is 4.15. The number of rotatable bonds is 7. The molecule has 0 aliphatic heterocycles. The van der Waals surface area contributed by atoms with E-state index in [4.69, 9.17) is 14.0 Å². The highest BCUT2D eigenvalue weighted by Crippen LogP contribution is 2.36. The molecular formula is C15H26N2O3. The van der Waals surface area contributed by atoms with Crippen LogP contribution >= 0.6 is 0 Å². The largest absolute Gasteiger partial charge is 0.345 e. The van der Waals surface area contributed by atoms with Crippen LogP contribution in [0.3, 0.4) is 0 Å². The lowest BCUT2D eigenvalue weighted by Crippen LogP contribution is -2.15. The SMILES string of the molecule is CCOC(OCC)c1nc(C2CCCC(CC)C2)no1. The van der Waals surface area contributed by atoms with Crippen LogP contribution in [0.2, 0.25) is 0 Å². The van der Waals surface area contributed by atoms with Crippen molar-refractivity contribution in [2.75, 3.05) is 13.2 Å².